The lowest BCUT2D eigenvalue weighted by molar-refractivity contribution is -0.192. The fourth-order valence-electron chi connectivity index (χ4n) is 4.27. The topological polar surface area (TPSA) is 133 Å². The number of carbonyl (C=O) groups is 3. The van der Waals surface area contributed by atoms with Crippen molar-refractivity contribution in [3.8, 4) is 5.75 Å². The van der Waals surface area contributed by atoms with E-state index in [4.69, 9.17) is 14.6 Å². The molecular weight excluding hydrogens is 589 g/mol. The van der Waals surface area contributed by atoms with E-state index in [1.807, 2.05) is 41.1 Å². The molecule has 3 heterocycles. The fraction of sp³-hybridized carbons (Fsp3) is 0.207. The van der Waals surface area contributed by atoms with Crippen molar-refractivity contribution in [1.29, 1.82) is 0 Å². The number of fused-ring (bicyclic) bond motifs is 3. The Bertz CT molecular complexity index is 1820. The molecule has 0 saturated heterocycles. The van der Waals surface area contributed by atoms with Gasteiger partial charge in [0.1, 0.15) is 10.3 Å². The number of carboxylic acid groups (broad SMARTS) is 1. The number of pyridine rings is 1. The van der Waals surface area contributed by atoms with Gasteiger partial charge in [-0.05, 0) is 12.5 Å². The van der Waals surface area contributed by atoms with E-state index in [1.165, 1.54) is 23.0 Å². The highest BCUT2D eigenvalue weighted by atomic mass is 32.1. The Balaban J connectivity index is 0.000000541. The number of imidazole rings is 1. The predicted molar refractivity (Wildman–Crippen MR) is 154 cm³/mol. The number of hydrogen-bond acceptors (Lipinski definition) is 7. The van der Waals surface area contributed by atoms with Crippen LogP contribution in [-0.4, -0.2) is 56.7 Å². The van der Waals surface area contributed by atoms with E-state index in [0.29, 0.717) is 32.6 Å². The summed E-state index contributed by atoms with van der Waals surface area (Å²) in [5.41, 5.74) is 0.803. The molecule has 0 atom stereocenters. The molecule has 0 bridgehead atoms. The second-order valence-electron chi connectivity index (χ2n) is 9.08. The number of ketones is 1. The van der Waals surface area contributed by atoms with Gasteiger partial charge in [-0.1, -0.05) is 48.5 Å². The molecule has 1 amide bonds. The van der Waals surface area contributed by atoms with Gasteiger partial charge in [0, 0.05) is 36.4 Å². The number of aromatic nitrogens is 3. The standard InChI is InChI=1S/C27H24N4O4S.C2HF3O2/c1-35-23-22-24(36-25(23)26(33)29-12-7-14-30-15-13-28-17-30)19-10-5-6-11-20(19)31(27(22)34)16-21(32)18-8-3-2-4-9-18;3-2(4,5)1(6)7/h2-6,8-11,13,15,17H,7,12,14,16H2,1H3,(H,29,33);(H,6,7). The third-order valence-corrected chi connectivity index (χ3v) is 7.45. The van der Waals surface area contributed by atoms with Crippen molar-refractivity contribution in [3.63, 3.8) is 0 Å². The number of halogens is 3. The molecule has 0 saturated carbocycles. The largest absolute Gasteiger partial charge is 0.494 e. The average Bonchev–Trinajstić information content (AvgIpc) is 3.66. The van der Waals surface area contributed by atoms with Crippen LogP contribution in [0.15, 0.2) is 78.1 Å². The lowest BCUT2D eigenvalue weighted by Gasteiger charge is -2.11. The molecule has 43 heavy (non-hydrogen) atoms. The Morgan fingerprint density at radius 1 is 1.07 bits per heavy atom. The third kappa shape index (κ3) is 7.09. The van der Waals surface area contributed by atoms with Crippen LogP contribution in [0.5, 0.6) is 5.75 Å². The van der Waals surface area contributed by atoms with Crippen LogP contribution >= 0.6 is 11.3 Å². The summed E-state index contributed by atoms with van der Waals surface area (Å²) >= 11 is 1.23. The molecule has 0 spiro atoms. The van der Waals surface area contributed by atoms with Crippen LogP contribution in [0.2, 0.25) is 0 Å². The molecule has 0 aliphatic rings. The number of benzene rings is 2. The zero-order chi connectivity index (χ0) is 31.1. The Morgan fingerprint density at radius 3 is 2.37 bits per heavy atom. The first-order valence-corrected chi connectivity index (χ1v) is 13.6. The van der Waals surface area contributed by atoms with Crippen LogP contribution in [0.4, 0.5) is 13.2 Å². The highest BCUT2D eigenvalue weighted by Crippen LogP contribution is 2.39. The van der Waals surface area contributed by atoms with Gasteiger partial charge in [-0.2, -0.15) is 13.2 Å². The fourth-order valence-corrected chi connectivity index (χ4v) is 5.48. The molecule has 2 aromatic carbocycles. The van der Waals surface area contributed by atoms with Crippen LogP contribution in [0.1, 0.15) is 26.5 Å². The van der Waals surface area contributed by atoms with Gasteiger partial charge in [0.2, 0.25) is 0 Å². The van der Waals surface area contributed by atoms with Crippen LogP contribution in [0, 0.1) is 0 Å². The van der Waals surface area contributed by atoms with E-state index < -0.39 is 12.1 Å². The van der Waals surface area contributed by atoms with E-state index >= 15 is 0 Å². The number of nitrogens with one attached hydrogen (secondary N) is 1. The molecule has 0 radical (unpaired) electrons. The number of Topliss-reactive ketones (excluding diaryl/α,β-unsaturated/α-hetero) is 1. The second kappa shape index (κ2) is 13.3. The van der Waals surface area contributed by atoms with Gasteiger partial charge in [0.25, 0.3) is 11.5 Å². The van der Waals surface area contributed by atoms with Crippen molar-refractivity contribution in [2.75, 3.05) is 13.7 Å². The number of methoxy groups -OCH3 is 1. The molecule has 2 N–H and O–H groups in total. The van der Waals surface area contributed by atoms with E-state index in [-0.39, 0.29) is 29.5 Å². The molecule has 0 aliphatic carbocycles. The highest BCUT2D eigenvalue weighted by Gasteiger charge is 2.38. The number of nitrogens with zero attached hydrogens (tertiary/aromatic N) is 3. The minimum atomic E-state index is -5.08. The maximum atomic E-state index is 13.7. The van der Waals surface area contributed by atoms with Crippen LogP contribution in [0.3, 0.4) is 0 Å². The number of amides is 1. The number of ether oxygens (including phenoxy) is 1. The molecular formula is C29H25F3N4O6S. The van der Waals surface area contributed by atoms with Gasteiger partial charge in [0.05, 0.1) is 30.2 Å². The number of rotatable bonds is 9. The van der Waals surface area contributed by atoms with Gasteiger partial charge < -0.3 is 19.7 Å². The van der Waals surface area contributed by atoms with Crippen molar-refractivity contribution in [3.05, 3.63) is 94.1 Å². The smallest absolute Gasteiger partial charge is 0.490 e. The summed E-state index contributed by atoms with van der Waals surface area (Å²) in [4.78, 5) is 53.0. The lowest BCUT2D eigenvalue weighted by Crippen LogP contribution is -2.26. The van der Waals surface area contributed by atoms with Gasteiger partial charge in [0.15, 0.2) is 11.5 Å². The van der Waals surface area contributed by atoms with Crippen molar-refractivity contribution < 1.29 is 37.4 Å². The minimum absolute atomic E-state index is 0.117. The van der Waals surface area contributed by atoms with E-state index in [1.54, 1.807) is 36.8 Å². The number of para-hydroxylation sites is 1. The molecule has 224 valence electrons. The number of aliphatic carboxylic acids is 1. The summed E-state index contributed by atoms with van der Waals surface area (Å²) in [5.74, 6) is -2.99. The Hall–Kier alpha value is -4.98. The first kappa shape index (κ1) is 31.0. The lowest BCUT2D eigenvalue weighted by atomic mass is 10.1. The van der Waals surface area contributed by atoms with Gasteiger partial charge in [-0.3, -0.25) is 19.0 Å². The summed E-state index contributed by atoms with van der Waals surface area (Å²) in [6.45, 7) is 1.08. The van der Waals surface area contributed by atoms with Gasteiger partial charge in [-0.15, -0.1) is 11.3 Å². The minimum Gasteiger partial charge on any atom is -0.494 e. The van der Waals surface area contributed by atoms with Crippen molar-refractivity contribution in [1.82, 2.24) is 19.4 Å². The number of carbonyl (C=O) groups excluding carboxylic acids is 2. The maximum Gasteiger partial charge on any atom is 0.490 e. The molecule has 5 aromatic rings. The Labute approximate surface area is 246 Å². The summed E-state index contributed by atoms with van der Waals surface area (Å²) < 4.78 is 41.4. The zero-order valence-electron chi connectivity index (χ0n) is 22.6. The van der Waals surface area contributed by atoms with E-state index in [2.05, 4.69) is 10.3 Å². The van der Waals surface area contributed by atoms with Gasteiger partial charge >= 0.3 is 12.1 Å². The number of carboxylic acids is 1. The van der Waals surface area contributed by atoms with Crippen LogP contribution < -0.4 is 15.6 Å². The molecule has 0 unspecified atom stereocenters. The SMILES string of the molecule is COc1c(C(=O)NCCCn2ccnc2)sc2c1c(=O)n(CC(=O)c1ccccc1)c1ccccc21.O=C(O)C(F)(F)F. The maximum absolute atomic E-state index is 13.7. The molecule has 0 fully saturated rings. The number of thiophene rings is 1. The first-order chi connectivity index (χ1) is 20.5. The predicted octanol–water partition coefficient (Wildman–Crippen LogP) is 4.76. The number of alkyl halides is 3. The molecule has 0 aliphatic heterocycles. The molecule has 14 heteroatoms. The summed E-state index contributed by atoms with van der Waals surface area (Å²) in [6.07, 6.45) is 0.961. The van der Waals surface area contributed by atoms with E-state index in [0.717, 1.165) is 18.4 Å². The molecule has 10 nitrogen and oxygen atoms in total. The molecule has 5 rings (SSSR count). The quantitative estimate of drug-likeness (QED) is 0.181. The average molecular weight is 615 g/mol. The van der Waals surface area contributed by atoms with Gasteiger partial charge in [-0.25, -0.2) is 9.78 Å². The number of hydrogen-bond donors (Lipinski definition) is 2. The summed E-state index contributed by atoms with van der Waals surface area (Å²) in [6, 6.07) is 16.3. The van der Waals surface area contributed by atoms with Crippen LogP contribution in [0.25, 0.3) is 21.0 Å². The van der Waals surface area contributed by atoms with Crippen molar-refractivity contribution >= 4 is 50.0 Å². The normalized spacial score (nSPS) is 11.2. The Kier molecular flexibility index (Phi) is 9.60. The van der Waals surface area contributed by atoms with E-state index in [9.17, 15) is 27.6 Å². The summed E-state index contributed by atoms with van der Waals surface area (Å²) in [5, 5.41) is 11.2. The second-order valence-corrected chi connectivity index (χ2v) is 10.1. The van der Waals surface area contributed by atoms with Crippen LogP contribution in [-0.2, 0) is 17.9 Å². The molecule has 3 aromatic heterocycles. The van der Waals surface area contributed by atoms with Crippen molar-refractivity contribution in [2.45, 2.75) is 25.7 Å². The highest BCUT2D eigenvalue weighted by molar-refractivity contribution is 7.22. The zero-order valence-corrected chi connectivity index (χ0v) is 23.4. The first-order valence-electron chi connectivity index (χ1n) is 12.8. The Morgan fingerprint density at radius 2 is 1.74 bits per heavy atom. The van der Waals surface area contributed by atoms with Crippen molar-refractivity contribution in [2.24, 2.45) is 0 Å². The monoisotopic (exact) mass is 614 g/mol. The summed E-state index contributed by atoms with van der Waals surface area (Å²) in [7, 11) is 1.45. The number of aryl methyl sites for hydroxylation is 1. The third-order valence-electron chi connectivity index (χ3n) is 6.25.